The van der Waals surface area contributed by atoms with Crippen LogP contribution in [0.15, 0.2) is 36.5 Å². The van der Waals surface area contributed by atoms with Gasteiger partial charge in [-0.3, -0.25) is 0 Å². The van der Waals surface area contributed by atoms with Crippen LogP contribution < -0.4 is 0 Å². The zero-order chi connectivity index (χ0) is 15.7. The van der Waals surface area contributed by atoms with Crippen LogP contribution in [0.2, 0.25) is 0 Å². The Labute approximate surface area is 130 Å². The van der Waals surface area contributed by atoms with E-state index in [1.165, 1.54) is 18.3 Å². The molecular weight excluding hydrogens is 256 g/mol. The van der Waals surface area contributed by atoms with Gasteiger partial charge in [0.15, 0.2) is 0 Å². The van der Waals surface area contributed by atoms with Gasteiger partial charge in [-0.25, -0.2) is 0 Å². The van der Waals surface area contributed by atoms with Crippen molar-refractivity contribution in [1.29, 1.82) is 0 Å². The van der Waals surface area contributed by atoms with E-state index in [0.29, 0.717) is 5.92 Å². The second kappa shape index (κ2) is 5.94. The summed E-state index contributed by atoms with van der Waals surface area (Å²) in [5, 5.41) is 0. The van der Waals surface area contributed by atoms with Gasteiger partial charge >= 0.3 is 0 Å². The molecule has 1 saturated carbocycles. The Bertz CT molecular complexity index is 472. The Morgan fingerprint density at radius 3 is 2.76 bits per heavy atom. The zero-order valence-corrected chi connectivity index (χ0v) is 14.0. The van der Waals surface area contributed by atoms with Gasteiger partial charge in [0.05, 0.1) is 0 Å². The van der Waals surface area contributed by atoms with E-state index in [-0.39, 0.29) is 16.7 Å². The summed E-state index contributed by atoms with van der Waals surface area (Å²) in [7, 11) is 0. The first kappa shape index (κ1) is 16.3. The molecule has 0 unspecified atom stereocenters. The second-order valence-corrected chi connectivity index (χ2v) is 7.58. The van der Waals surface area contributed by atoms with E-state index in [9.17, 15) is 4.79 Å². The lowest BCUT2D eigenvalue weighted by atomic mass is 9.47. The Kier molecular flexibility index (Phi) is 4.60. The van der Waals surface area contributed by atoms with E-state index >= 15 is 0 Å². The molecule has 1 heteroatoms. The number of hydrogen-bond acceptors (Lipinski definition) is 1. The van der Waals surface area contributed by atoms with Gasteiger partial charge < -0.3 is 4.79 Å². The van der Waals surface area contributed by atoms with Crippen molar-refractivity contribution in [2.75, 3.05) is 0 Å². The lowest BCUT2D eigenvalue weighted by molar-refractivity contribution is -0.124. The molecule has 1 nitrogen and oxygen atoms in total. The van der Waals surface area contributed by atoms with E-state index in [0.717, 1.165) is 37.7 Å². The molecule has 21 heavy (non-hydrogen) atoms. The van der Waals surface area contributed by atoms with Gasteiger partial charge in [0.2, 0.25) is 0 Å². The number of carbonyl (C=O) groups is 1. The summed E-state index contributed by atoms with van der Waals surface area (Å²) in [6.07, 6.45) is 12.1. The van der Waals surface area contributed by atoms with E-state index in [2.05, 4.69) is 40.0 Å². The Morgan fingerprint density at radius 1 is 1.43 bits per heavy atom. The van der Waals surface area contributed by atoms with Crippen molar-refractivity contribution in [3.8, 4) is 0 Å². The van der Waals surface area contributed by atoms with Crippen LogP contribution >= 0.6 is 0 Å². The number of hydrogen-bond donors (Lipinski definition) is 0. The van der Waals surface area contributed by atoms with Crippen LogP contribution in [-0.4, -0.2) is 6.29 Å². The van der Waals surface area contributed by atoms with Crippen LogP contribution in [0.4, 0.5) is 0 Å². The molecule has 4 atom stereocenters. The molecule has 116 valence electrons. The summed E-state index contributed by atoms with van der Waals surface area (Å²) >= 11 is 0. The standard InChI is InChI=1S/C20H30O/c1-6-15(2)10-12-20(5)17(14-21)11-13-19(4)16(3)8-7-9-18(19)20/h6,8,14,17-18H,1-2,7,9-13H2,3-5H3/t17-,18-,19-,20-/m1/s1. The maximum Gasteiger partial charge on any atom is 0.123 e. The zero-order valence-electron chi connectivity index (χ0n) is 14.0. The molecule has 0 aromatic rings. The van der Waals surface area contributed by atoms with Crippen LogP contribution in [0.5, 0.6) is 0 Å². The monoisotopic (exact) mass is 286 g/mol. The fraction of sp³-hybridized carbons (Fsp3) is 0.650. The van der Waals surface area contributed by atoms with E-state index in [1.807, 2.05) is 6.08 Å². The molecule has 0 spiro atoms. The van der Waals surface area contributed by atoms with Crippen molar-refractivity contribution in [3.63, 3.8) is 0 Å². The first-order chi connectivity index (χ1) is 9.88. The fourth-order valence-electron chi connectivity index (χ4n) is 4.88. The van der Waals surface area contributed by atoms with Crippen LogP contribution in [0, 0.1) is 22.7 Å². The van der Waals surface area contributed by atoms with Crippen LogP contribution in [0.25, 0.3) is 0 Å². The first-order valence-corrected chi connectivity index (χ1v) is 8.31. The van der Waals surface area contributed by atoms with Gasteiger partial charge in [0, 0.05) is 5.92 Å². The van der Waals surface area contributed by atoms with Crippen molar-refractivity contribution < 1.29 is 4.79 Å². The Hall–Kier alpha value is -1.11. The average Bonchev–Trinajstić information content (AvgIpc) is 2.47. The van der Waals surface area contributed by atoms with Crippen molar-refractivity contribution in [3.05, 3.63) is 36.5 Å². The highest BCUT2D eigenvalue weighted by Gasteiger charge is 2.54. The molecular formula is C20H30O. The Balaban J connectivity index is 2.33. The van der Waals surface area contributed by atoms with Crippen molar-refractivity contribution in [1.82, 2.24) is 0 Å². The topological polar surface area (TPSA) is 17.1 Å². The predicted octanol–water partition coefficient (Wildman–Crippen LogP) is 5.49. The number of carbonyl (C=O) groups excluding carboxylic acids is 1. The van der Waals surface area contributed by atoms with Gasteiger partial charge in [0.1, 0.15) is 6.29 Å². The third-order valence-electron chi connectivity index (χ3n) is 6.63. The quantitative estimate of drug-likeness (QED) is 0.371. The number of rotatable bonds is 5. The van der Waals surface area contributed by atoms with Gasteiger partial charge in [-0.1, -0.05) is 50.3 Å². The molecule has 0 aromatic carbocycles. The van der Waals surface area contributed by atoms with Crippen LogP contribution in [0.1, 0.15) is 59.3 Å². The minimum atomic E-state index is 0.0935. The van der Waals surface area contributed by atoms with E-state index < -0.39 is 0 Å². The molecule has 0 amide bonds. The largest absolute Gasteiger partial charge is 0.303 e. The summed E-state index contributed by atoms with van der Waals surface area (Å²) in [5.41, 5.74) is 3.01. The smallest absolute Gasteiger partial charge is 0.123 e. The number of aldehydes is 1. The fourth-order valence-corrected chi connectivity index (χ4v) is 4.88. The van der Waals surface area contributed by atoms with Gasteiger partial charge in [-0.2, -0.15) is 0 Å². The van der Waals surface area contributed by atoms with E-state index in [1.54, 1.807) is 0 Å². The highest BCUT2D eigenvalue weighted by Crippen LogP contribution is 2.61. The first-order valence-electron chi connectivity index (χ1n) is 8.31. The molecule has 2 aliphatic rings. The summed E-state index contributed by atoms with van der Waals surface area (Å²) in [6.45, 7) is 14.9. The van der Waals surface area contributed by atoms with Crippen molar-refractivity contribution >= 4 is 6.29 Å². The maximum atomic E-state index is 11.7. The summed E-state index contributed by atoms with van der Waals surface area (Å²) < 4.78 is 0. The van der Waals surface area contributed by atoms with Gasteiger partial charge in [0.25, 0.3) is 0 Å². The molecule has 1 fully saturated rings. The van der Waals surface area contributed by atoms with Crippen molar-refractivity contribution in [2.45, 2.75) is 59.3 Å². The summed E-state index contributed by atoms with van der Waals surface area (Å²) in [4.78, 5) is 11.7. The SMILES string of the molecule is C=CC(=C)CC[C@]1(C)[C@@H](C=O)CC[C@]2(C)C(C)=CCC[C@@H]12. The lowest BCUT2D eigenvalue weighted by Gasteiger charge is -2.57. The van der Waals surface area contributed by atoms with E-state index in [4.69, 9.17) is 0 Å². The molecule has 0 aliphatic heterocycles. The molecule has 0 radical (unpaired) electrons. The third kappa shape index (κ3) is 2.67. The minimum Gasteiger partial charge on any atom is -0.303 e. The Morgan fingerprint density at radius 2 is 2.14 bits per heavy atom. The maximum absolute atomic E-state index is 11.7. The van der Waals surface area contributed by atoms with Crippen LogP contribution in [0.3, 0.4) is 0 Å². The number of fused-ring (bicyclic) bond motifs is 1. The minimum absolute atomic E-state index is 0.0935. The van der Waals surface area contributed by atoms with Crippen LogP contribution in [-0.2, 0) is 4.79 Å². The van der Waals surface area contributed by atoms with Gasteiger partial charge in [-0.05, 0) is 62.2 Å². The summed E-state index contributed by atoms with van der Waals surface area (Å²) in [5.74, 6) is 0.802. The molecule has 0 bridgehead atoms. The average molecular weight is 286 g/mol. The molecule has 2 aliphatic carbocycles. The molecule has 0 aromatic heterocycles. The molecule has 2 rings (SSSR count). The molecule has 0 saturated heterocycles. The normalized spacial score (nSPS) is 39.1. The molecule has 0 heterocycles. The van der Waals surface area contributed by atoms with Crippen molar-refractivity contribution in [2.24, 2.45) is 22.7 Å². The predicted molar refractivity (Wildman–Crippen MR) is 90.1 cm³/mol. The number of allylic oxidation sites excluding steroid dienone is 4. The third-order valence-corrected chi connectivity index (χ3v) is 6.63. The van der Waals surface area contributed by atoms with Gasteiger partial charge in [-0.15, -0.1) is 0 Å². The highest BCUT2D eigenvalue weighted by atomic mass is 16.1. The summed E-state index contributed by atoms with van der Waals surface area (Å²) in [6, 6.07) is 0. The second-order valence-electron chi connectivity index (χ2n) is 7.58. The molecule has 0 N–H and O–H groups in total. The highest BCUT2D eigenvalue weighted by molar-refractivity contribution is 5.56. The lowest BCUT2D eigenvalue weighted by Crippen LogP contribution is -2.50.